The average molecular weight is 356 g/mol. The molecule has 0 aliphatic carbocycles. The largest absolute Gasteiger partial charge is 0.491 e. The molecule has 3 nitrogen and oxygen atoms in total. The highest BCUT2D eigenvalue weighted by Gasteiger charge is 2.13. The van der Waals surface area contributed by atoms with Crippen LogP contribution in [0.1, 0.15) is 69.2 Å². The van der Waals surface area contributed by atoms with Crippen molar-refractivity contribution in [3.05, 3.63) is 22.2 Å². The molecule has 0 aromatic heterocycles. The molecule has 118 valence electrons. The quantitative estimate of drug-likeness (QED) is 0.349. The number of hydrogen-bond acceptors (Lipinski definition) is 3. The van der Waals surface area contributed by atoms with Gasteiger partial charge in [-0.15, -0.1) is 0 Å². The van der Waals surface area contributed by atoms with Crippen molar-refractivity contribution in [1.29, 1.82) is 0 Å². The van der Waals surface area contributed by atoms with Gasteiger partial charge in [-0.1, -0.05) is 61.4 Å². The number of unbranched alkanes of at least 4 members (excludes halogenated alkanes) is 6. The van der Waals surface area contributed by atoms with Gasteiger partial charge >= 0.3 is 0 Å². The number of carbonyl (C=O) groups is 1. The zero-order valence-corrected chi connectivity index (χ0v) is 14.7. The van der Waals surface area contributed by atoms with Gasteiger partial charge in [-0.3, -0.25) is 4.79 Å². The van der Waals surface area contributed by atoms with E-state index in [9.17, 15) is 4.79 Å². The minimum Gasteiger partial charge on any atom is -0.491 e. The highest BCUT2D eigenvalue weighted by Crippen LogP contribution is 2.31. The molecule has 2 N–H and O–H groups in total. The maximum Gasteiger partial charge on any atom is 0.163 e. The van der Waals surface area contributed by atoms with E-state index < -0.39 is 0 Å². The molecule has 0 amide bonds. The third-order valence-corrected chi connectivity index (χ3v) is 3.91. The molecule has 1 aromatic carbocycles. The zero-order valence-electron chi connectivity index (χ0n) is 13.1. The number of ether oxygens (including phenoxy) is 1. The van der Waals surface area contributed by atoms with E-state index >= 15 is 0 Å². The molecule has 0 heterocycles. The molecule has 1 aromatic rings. The molecule has 0 bridgehead atoms. The molecule has 0 radical (unpaired) electrons. The Hall–Kier alpha value is -1.03. The summed E-state index contributed by atoms with van der Waals surface area (Å²) in [7, 11) is 0. The third kappa shape index (κ3) is 6.51. The lowest BCUT2D eigenvalue weighted by Gasteiger charge is -2.13. The number of nitrogens with two attached hydrogens (primary N) is 1. The number of anilines is 1. The van der Waals surface area contributed by atoms with Gasteiger partial charge in [-0.25, -0.2) is 0 Å². The van der Waals surface area contributed by atoms with Gasteiger partial charge in [-0.05, 0) is 25.5 Å². The second-order valence-electron chi connectivity index (χ2n) is 5.40. The van der Waals surface area contributed by atoms with E-state index in [0.717, 1.165) is 17.3 Å². The first-order valence-electron chi connectivity index (χ1n) is 7.79. The van der Waals surface area contributed by atoms with E-state index in [-0.39, 0.29) is 5.78 Å². The highest BCUT2D eigenvalue weighted by atomic mass is 79.9. The van der Waals surface area contributed by atoms with Crippen LogP contribution in [0.5, 0.6) is 5.75 Å². The van der Waals surface area contributed by atoms with Gasteiger partial charge in [0.15, 0.2) is 11.5 Å². The standard InChI is InChI=1S/C17H26BrNO2/c1-3-4-5-6-7-8-9-10-21-17-15(13(2)20)11-14(18)12-16(17)19/h11-12H,3-10,19H2,1-2H3. The van der Waals surface area contributed by atoms with Crippen LogP contribution in [-0.4, -0.2) is 12.4 Å². The van der Waals surface area contributed by atoms with Crippen LogP contribution < -0.4 is 10.5 Å². The van der Waals surface area contributed by atoms with Crippen LogP contribution in [0, 0.1) is 0 Å². The van der Waals surface area contributed by atoms with Crippen molar-refractivity contribution in [2.45, 2.75) is 58.8 Å². The lowest BCUT2D eigenvalue weighted by Crippen LogP contribution is -2.06. The predicted molar refractivity (Wildman–Crippen MR) is 92.0 cm³/mol. The van der Waals surface area contributed by atoms with E-state index in [2.05, 4.69) is 22.9 Å². The van der Waals surface area contributed by atoms with Crippen molar-refractivity contribution in [2.75, 3.05) is 12.3 Å². The summed E-state index contributed by atoms with van der Waals surface area (Å²) in [4.78, 5) is 11.6. The Balaban J connectivity index is 2.40. The van der Waals surface area contributed by atoms with Gasteiger partial charge in [0, 0.05) is 4.47 Å². The summed E-state index contributed by atoms with van der Waals surface area (Å²) in [5, 5.41) is 0. The molecule has 0 fully saturated rings. The smallest absolute Gasteiger partial charge is 0.163 e. The number of ketones is 1. The van der Waals surface area contributed by atoms with Gasteiger partial charge in [0.05, 0.1) is 17.9 Å². The Morgan fingerprint density at radius 1 is 1.14 bits per heavy atom. The van der Waals surface area contributed by atoms with Gasteiger partial charge in [0.2, 0.25) is 0 Å². The number of Topliss-reactive ketones (excluding diaryl/α,β-unsaturated/α-hetero) is 1. The summed E-state index contributed by atoms with van der Waals surface area (Å²) in [6.45, 7) is 4.37. The van der Waals surface area contributed by atoms with Gasteiger partial charge in [0.1, 0.15) is 0 Å². The number of carbonyl (C=O) groups excluding carboxylic acids is 1. The van der Waals surface area contributed by atoms with Crippen LogP contribution in [0.3, 0.4) is 0 Å². The Morgan fingerprint density at radius 2 is 1.76 bits per heavy atom. The second-order valence-corrected chi connectivity index (χ2v) is 6.31. The number of nitrogen functional groups attached to an aromatic ring is 1. The first-order chi connectivity index (χ1) is 10.1. The molecule has 0 atom stereocenters. The fourth-order valence-electron chi connectivity index (χ4n) is 2.27. The average Bonchev–Trinajstić information content (AvgIpc) is 2.43. The normalized spacial score (nSPS) is 10.6. The minimum absolute atomic E-state index is 0.0300. The number of halogens is 1. The molecule has 0 unspecified atom stereocenters. The van der Waals surface area contributed by atoms with Crippen LogP contribution in [-0.2, 0) is 0 Å². The molecule has 0 aliphatic heterocycles. The monoisotopic (exact) mass is 355 g/mol. The van der Waals surface area contributed by atoms with Crippen LogP contribution in [0.2, 0.25) is 0 Å². The van der Waals surface area contributed by atoms with Crippen molar-refractivity contribution in [3.63, 3.8) is 0 Å². The summed E-state index contributed by atoms with van der Waals surface area (Å²) in [6, 6.07) is 3.53. The summed E-state index contributed by atoms with van der Waals surface area (Å²) in [5.41, 5.74) is 7.01. The molecular formula is C17H26BrNO2. The van der Waals surface area contributed by atoms with Gasteiger partial charge in [0.25, 0.3) is 0 Å². The van der Waals surface area contributed by atoms with Crippen molar-refractivity contribution in [1.82, 2.24) is 0 Å². The lowest BCUT2D eigenvalue weighted by atomic mass is 10.1. The summed E-state index contributed by atoms with van der Waals surface area (Å²) >= 11 is 3.35. The van der Waals surface area contributed by atoms with E-state index in [1.165, 1.54) is 39.0 Å². The number of benzene rings is 1. The Morgan fingerprint density at radius 3 is 2.38 bits per heavy atom. The fraction of sp³-hybridized carbons (Fsp3) is 0.588. The fourth-order valence-corrected chi connectivity index (χ4v) is 2.75. The highest BCUT2D eigenvalue weighted by molar-refractivity contribution is 9.10. The SMILES string of the molecule is CCCCCCCCCOc1c(N)cc(Br)cc1C(C)=O. The van der Waals surface area contributed by atoms with Crippen LogP contribution in [0.25, 0.3) is 0 Å². The maximum atomic E-state index is 11.6. The third-order valence-electron chi connectivity index (χ3n) is 3.46. The zero-order chi connectivity index (χ0) is 15.7. The maximum absolute atomic E-state index is 11.6. The molecule has 0 spiro atoms. The summed E-state index contributed by atoms with van der Waals surface area (Å²) < 4.78 is 6.54. The minimum atomic E-state index is -0.0300. The lowest BCUT2D eigenvalue weighted by molar-refractivity contribution is 0.101. The van der Waals surface area contributed by atoms with Crippen molar-refractivity contribution >= 4 is 27.4 Å². The van der Waals surface area contributed by atoms with E-state index in [1.807, 2.05) is 0 Å². The number of hydrogen-bond donors (Lipinski definition) is 1. The Bertz CT molecular complexity index is 460. The Labute approximate surface area is 136 Å². The van der Waals surface area contributed by atoms with Crippen LogP contribution in [0.15, 0.2) is 16.6 Å². The topological polar surface area (TPSA) is 52.3 Å². The van der Waals surface area contributed by atoms with E-state index in [0.29, 0.717) is 23.6 Å². The molecular weight excluding hydrogens is 330 g/mol. The molecule has 1 rings (SSSR count). The Kier molecular flexibility index (Phi) is 8.43. The van der Waals surface area contributed by atoms with Crippen molar-refractivity contribution in [3.8, 4) is 5.75 Å². The second kappa shape index (κ2) is 9.82. The van der Waals surface area contributed by atoms with E-state index in [4.69, 9.17) is 10.5 Å². The first kappa shape index (κ1) is 18.0. The molecule has 21 heavy (non-hydrogen) atoms. The van der Waals surface area contributed by atoms with Gasteiger partial charge in [-0.2, -0.15) is 0 Å². The molecule has 0 saturated heterocycles. The van der Waals surface area contributed by atoms with Crippen molar-refractivity contribution in [2.24, 2.45) is 0 Å². The van der Waals surface area contributed by atoms with Crippen molar-refractivity contribution < 1.29 is 9.53 Å². The van der Waals surface area contributed by atoms with Gasteiger partial charge < -0.3 is 10.5 Å². The summed E-state index contributed by atoms with van der Waals surface area (Å²) in [5.74, 6) is 0.495. The van der Waals surface area contributed by atoms with Crippen LogP contribution in [0.4, 0.5) is 5.69 Å². The molecule has 4 heteroatoms. The number of rotatable bonds is 10. The van der Waals surface area contributed by atoms with E-state index in [1.54, 1.807) is 12.1 Å². The molecule has 0 saturated carbocycles. The molecule has 0 aliphatic rings. The summed E-state index contributed by atoms with van der Waals surface area (Å²) in [6.07, 6.45) is 8.64. The predicted octanol–water partition coefficient (Wildman–Crippen LogP) is 5.36. The van der Waals surface area contributed by atoms with Crippen LogP contribution >= 0.6 is 15.9 Å². The first-order valence-corrected chi connectivity index (χ1v) is 8.58.